The normalized spacial score (nSPS) is 23.7. The van der Waals surface area contributed by atoms with Crippen LogP contribution in [0.15, 0.2) is 18.2 Å². The molecule has 2 aliphatic rings. The average Bonchev–Trinajstić information content (AvgIpc) is 3.10. The third-order valence-corrected chi connectivity index (χ3v) is 5.00. The minimum absolute atomic E-state index is 0.0687. The molecular weight excluding hydrogens is 251 g/mol. The molecule has 1 atom stereocenters. The molecule has 1 aliphatic heterocycles. The summed E-state index contributed by atoms with van der Waals surface area (Å²) in [5.41, 5.74) is 7.35. The van der Waals surface area contributed by atoms with Gasteiger partial charge in [0.15, 0.2) is 0 Å². The van der Waals surface area contributed by atoms with Crippen LogP contribution in [0, 0.1) is 11.7 Å². The van der Waals surface area contributed by atoms with E-state index in [2.05, 4.69) is 4.90 Å². The predicted octanol–water partition coefficient (Wildman–Crippen LogP) is 3.49. The van der Waals surface area contributed by atoms with Crippen molar-refractivity contribution in [2.75, 3.05) is 18.0 Å². The van der Waals surface area contributed by atoms with Crippen LogP contribution in [-0.4, -0.2) is 19.1 Å². The third-order valence-electron chi connectivity index (χ3n) is 5.00. The Morgan fingerprint density at radius 2 is 1.95 bits per heavy atom. The Balaban J connectivity index is 1.80. The van der Waals surface area contributed by atoms with Crippen LogP contribution in [0.1, 0.15) is 44.1 Å². The predicted molar refractivity (Wildman–Crippen MR) is 81.5 cm³/mol. The summed E-state index contributed by atoms with van der Waals surface area (Å²) in [4.78, 5) is 2.33. The number of benzene rings is 1. The Labute approximate surface area is 121 Å². The second kappa shape index (κ2) is 6.13. The van der Waals surface area contributed by atoms with E-state index in [9.17, 15) is 4.39 Å². The minimum atomic E-state index is -0.0687. The third kappa shape index (κ3) is 2.69. The number of halogens is 1. The first-order chi connectivity index (χ1) is 9.79. The van der Waals surface area contributed by atoms with Crippen LogP contribution < -0.4 is 10.6 Å². The largest absolute Gasteiger partial charge is 0.366 e. The topological polar surface area (TPSA) is 29.3 Å². The van der Waals surface area contributed by atoms with E-state index in [1.807, 2.05) is 12.1 Å². The molecule has 0 amide bonds. The summed E-state index contributed by atoms with van der Waals surface area (Å²) in [6.07, 6.45) is 8.55. The van der Waals surface area contributed by atoms with Crippen molar-refractivity contribution in [1.82, 2.24) is 0 Å². The molecule has 1 saturated carbocycles. The Kier molecular flexibility index (Phi) is 4.25. The molecule has 1 aromatic rings. The molecule has 1 aliphatic carbocycles. The zero-order valence-electron chi connectivity index (χ0n) is 12.2. The van der Waals surface area contributed by atoms with E-state index in [4.69, 9.17) is 5.73 Å². The van der Waals surface area contributed by atoms with Crippen molar-refractivity contribution in [3.63, 3.8) is 0 Å². The van der Waals surface area contributed by atoms with E-state index in [0.29, 0.717) is 12.6 Å². The number of nitrogens with two attached hydrogens (primary N) is 1. The Morgan fingerprint density at radius 3 is 2.65 bits per heavy atom. The standard InChI is InChI=1S/C17H25FN2/c18-15-12-13(9-10-19)7-8-17(15)20-11-3-6-16(20)14-4-1-2-5-14/h7-8,12,14,16H,1-6,9-11,19H2. The van der Waals surface area contributed by atoms with Crippen molar-refractivity contribution < 1.29 is 4.39 Å². The van der Waals surface area contributed by atoms with Crippen LogP contribution in [-0.2, 0) is 6.42 Å². The van der Waals surface area contributed by atoms with Crippen LogP contribution in [0.25, 0.3) is 0 Å². The Hall–Kier alpha value is -1.09. The van der Waals surface area contributed by atoms with Gasteiger partial charge in [0.05, 0.1) is 5.69 Å². The number of nitrogens with zero attached hydrogens (tertiary/aromatic N) is 1. The molecule has 1 aromatic carbocycles. The van der Waals surface area contributed by atoms with Gasteiger partial charge < -0.3 is 10.6 Å². The molecule has 2 fully saturated rings. The molecule has 1 unspecified atom stereocenters. The van der Waals surface area contributed by atoms with Gasteiger partial charge in [0.1, 0.15) is 5.82 Å². The summed E-state index contributed by atoms with van der Waals surface area (Å²) >= 11 is 0. The quantitative estimate of drug-likeness (QED) is 0.912. The molecule has 2 N–H and O–H groups in total. The van der Waals surface area contributed by atoms with Gasteiger partial charge in [-0.15, -0.1) is 0 Å². The fraction of sp³-hybridized carbons (Fsp3) is 0.647. The zero-order valence-corrected chi connectivity index (χ0v) is 12.2. The zero-order chi connectivity index (χ0) is 13.9. The number of hydrogen-bond acceptors (Lipinski definition) is 2. The smallest absolute Gasteiger partial charge is 0.146 e. The molecule has 0 aromatic heterocycles. The summed E-state index contributed by atoms with van der Waals surface area (Å²) < 4.78 is 14.4. The summed E-state index contributed by atoms with van der Waals surface area (Å²) in [5, 5.41) is 0. The van der Waals surface area contributed by atoms with Crippen molar-refractivity contribution in [3.05, 3.63) is 29.6 Å². The average molecular weight is 276 g/mol. The fourth-order valence-electron chi connectivity index (χ4n) is 4.03. The Morgan fingerprint density at radius 1 is 1.15 bits per heavy atom. The van der Waals surface area contributed by atoms with E-state index in [1.165, 1.54) is 38.5 Å². The highest BCUT2D eigenvalue weighted by Gasteiger charge is 2.34. The van der Waals surface area contributed by atoms with Crippen LogP contribution in [0.5, 0.6) is 0 Å². The van der Waals surface area contributed by atoms with Gasteiger partial charge >= 0.3 is 0 Å². The van der Waals surface area contributed by atoms with Crippen LogP contribution in [0.3, 0.4) is 0 Å². The van der Waals surface area contributed by atoms with Gasteiger partial charge in [0, 0.05) is 12.6 Å². The number of anilines is 1. The molecule has 2 nitrogen and oxygen atoms in total. The van der Waals surface area contributed by atoms with E-state index < -0.39 is 0 Å². The van der Waals surface area contributed by atoms with Crippen molar-refractivity contribution >= 4 is 5.69 Å². The highest BCUT2D eigenvalue weighted by Crippen LogP contribution is 2.38. The maximum atomic E-state index is 14.4. The molecule has 20 heavy (non-hydrogen) atoms. The summed E-state index contributed by atoms with van der Waals surface area (Å²) in [6.45, 7) is 1.58. The summed E-state index contributed by atoms with van der Waals surface area (Å²) in [5.74, 6) is 0.710. The highest BCUT2D eigenvalue weighted by molar-refractivity contribution is 5.51. The maximum Gasteiger partial charge on any atom is 0.146 e. The lowest BCUT2D eigenvalue weighted by molar-refractivity contribution is 0.427. The van der Waals surface area contributed by atoms with Crippen molar-refractivity contribution in [2.24, 2.45) is 11.7 Å². The Bertz CT molecular complexity index is 454. The van der Waals surface area contributed by atoms with Gasteiger partial charge in [-0.3, -0.25) is 0 Å². The van der Waals surface area contributed by atoms with E-state index in [-0.39, 0.29) is 5.82 Å². The SMILES string of the molecule is NCCc1ccc(N2CCCC2C2CCCC2)c(F)c1. The van der Waals surface area contributed by atoms with E-state index >= 15 is 0 Å². The molecule has 3 heteroatoms. The lowest BCUT2D eigenvalue weighted by atomic mass is 9.95. The van der Waals surface area contributed by atoms with Crippen LogP contribution in [0.2, 0.25) is 0 Å². The van der Waals surface area contributed by atoms with E-state index in [0.717, 1.165) is 30.1 Å². The second-order valence-corrected chi connectivity index (χ2v) is 6.27. The van der Waals surface area contributed by atoms with Crippen molar-refractivity contribution in [2.45, 2.75) is 51.0 Å². The van der Waals surface area contributed by atoms with Gasteiger partial charge in [0.2, 0.25) is 0 Å². The summed E-state index contributed by atoms with van der Waals surface area (Å²) in [6, 6.07) is 6.24. The van der Waals surface area contributed by atoms with Gasteiger partial charge in [-0.05, 0) is 62.3 Å². The molecule has 0 radical (unpaired) electrons. The van der Waals surface area contributed by atoms with Gasteiger partial charge in [0.25, 0.3) is 0 Å². The van der Waals surface area contributed by atoms with Crippen LogP contribution >= 0.6 is 0 Å². The first-order valence-electron chi connectivity index (χ1n) is 8.04. The molecule has 1 saturated heterocycles. The molecule has 1 heterocycles. The first kappa shape index (κ1) is 13.9. The highest BCUT2D eigenvalue weighted by atomic mass is 19.1. The van der Waals surface area contributed by atoms with Crippen molar-refractivity contribution in [1.29, 1.82) is 0 Å². The number of rotatable bonds is 4. The molecule has 0 spiro atoms. The molecular formula is C17H25FN2. The van der Waals surface area contributed by atoms with Gasteiger partial charge in [-0.2, -0.15) is 0 Å². The molecule has 0 bridgehead atoms. The first-order valence-corrected chi connectivity index (χ1v) is 8.04. The van der Waals surface area contributed by atoms with Gasteiger partial charge in [-0.25, -0.2) is 4.39 Å². The summed E-state index contributed by atoms with van der Waals surface area (Å²) in [7, 11) is 0. The van der Waals surface area contributed by atoms with Gasteiger partial charge in [-0.1, -0.05) is 18.9 Å². The molecule has 3 rings (SSSR count). The monoisotopic (exact) mass is 276 g/mol. The van der Waals surface area contributed by atoms with E-state index in [1.54, 1.807) is 6.07 Å². The molecule has 110 valence electrons. The van der Waals surface area contributed by atoms with Crippen LogP contribution in [0.4, 0.5) is 10.1 Å². The lowest BCUT2D eigenvalue weighted by Crippen LogP contribution is -2.35. The maximum absolute atomic E-state index is 14.4. The minimum Gasteiger partial charge on any atom is -0.366 e. The fourth-order valence-corrected chi connectivity index (χ4v) is 4.03. The van der Waals surface area contributed by atoms with Crippen molar-refractivity contribution in [3.8, 4) is 0 Å². The number of hydrogen-bond donors (Lipinski definition) is 1. The second-order valence-electron chi connectivity index (χ2n) is 6.27. The lowest BCUT2D eigenvalue weighted by Gasteiger charge is -2.31.